The average molecular weight is 437 g/mol. The van der Waals surface area contributed by atoms with E-state index in [1.165, 1.54) is 32.0 Å². The quantitative estimate of drug-likeness (QED) is 0.381. The molecule has 1 aromatic heterocycles. The number of aromatic amines is 1. The van der Waals surface area contributed by atoms with Crippen LogP contribution in [0.1, 0.15) is 32.1 Å². The van der Waals surface area contributed by atoms with Crippen LogP contribution in [-0.2, 0) is 19.7 Å². The Morgan fingerprint density at radius 1 is 1.42 bits per heavy atom. The Bertz CT molecular complexity index is 1130. The summed E-state index contributed by atoms with van der Waals surface area (Å²) in [5, 5.41) is 21.5. The van der Waals surface area contributed by atoms with E-state index in [2.05, 4.69) is 0 Å². The van der Waals surface area contributed by atoms with E-state index in [1.54, 1.807) is 11.1 Å². The summed E-state index contributed by atoms with van der Waals surface area (Å²) in [4.78, 5) is 48.2. The molecule has 2 heterocycles. The number of hydrogen-bond donors (Lipinski definition) is 2. The van der Waals surface area contributed by atoms with E-state index >= 15 is 0 Å². The molecule has 0 amide bonds. The minimum Gasteiger partial charge on any atom is -0.462 e. The first kappa shape index (κ1) is 22.3. The Morgan fingerprint density at radius 2 is 2.10 bits per heavy atom. The molecule has 12 heteroatoms. The Kier molecular flexibility index (Phi) is 6.04. The van der Waals surface area contributed by atoms with Crippen LogP contribution in [0.4, 0.5) is 10.1 Å². The summed E-state index contributed by atoms with van der Waals surface area (Å²) < 4.78 is 25.0. The SMILES string of the molecule is CC(C)(C(=O)OC[C@H]1O[C@@H](n2cc(F)c(=O)[nH]c2=O)C[C@@H]1O)c1ccccc1[N+](=O)[O-]. The highest BCUT2D eigenvalue weighted by Gasteiger charge is 2.40. The molecule has 1 fully saturated rings. The van der Waals surface area contributed by atoms with E-state index in [9.17, 15) is 34.0 Å². The van der Waals surface area contributed by atoms with Crippen LogP contribution in [0.5, 0.6) is 0 Å². The van der Waals surface area contributed by atoms with Crippen molar-refractivity contribution in [2.24, 2.45) is 0 Å². The van der Waals surface area contributed by atoms with Crippen LogP contribution in [0.2, 0.25) is 0 Å². The summed E-state index contributed by atoms with van der Waals surface area (Å²) in [6.07, 6.45) is -2.70. The number of carbonyl (C=O) groups is 1. The zero-order valence-electron chi connectivity index (χ0n) is 16.6. The minimum atomic E-state index is -1.37. The molecule has 11 nitrogen and oxygen atoms in total. The average Bonchev–Trinajstić information content (AvgIpc) is 3.09. The number of nitro groups is 1. The number of para-hydroxylation sites is 1. The second-order valence-corrected chi connectivity index (χ2v) is 7.57. The smallest absolute Gasteiger partial charge is 0.330 e. The number of H-pyrrole nitrogens is 1. The molecule has 1 aromatic carbocycles. The lowest BCUT2D eigenvalue weighted by atomic mass is 9.83. The highest BCUT2D eigenvalue weighted by Crippen LogP contribution is 2.33. The van der Waals surface area contributed by atoms with Crippen LogP contribution in [0, 0.1) is 15.9 Å². The monoisotopic (exact) mass is 437 g/mol. The number of aromatic nitrogens is 2. The van der Waals surface area contributed by atoms with Gasteiger partial charge in [0, 0.05) is 18.1 Å². The molecule has 0 radical (unpaired) electrons. The van der Waals surface area contributed by atoms with Gasteiger partial charge in [-0.2, -0.15) is 4.39 Å². The van der Waals surface area contributed by atoms with Crippen LogP contribution in [0.3, 0.4) is 0 Å². The van der Waals surface area contributed by atoms with Crippen LogP contribution in [0.25, 0.3) is 0 Å². The number of rotatable bonds is 6. The van der Waals surface area contributed by atoms with E-state index in [0.29, 0.717) is 6.20 Å². The van der Waals surface area contributed by atoms with Gasteiger partial charge in [-0.25, -0.2) is 4.79 Å². The number of ether oxygens (including phenoxy) is 2. The van der Waals surface area contributed by atoms with Crippen molar-refractivity contribution in [3.8, 4) is 0 Å². The third-order valence-electron chi connectivity index (χ3n) is 5.10. The molecule has 31 heavy (non-hydrogen) atoms. The van der Waals surface area contributed by atoms with Crippen molar-refractivity contribution in [3.05, 3.63) is 72.8 Å². The molecule has 1 saturated heterocycles. The summed E-state index contributed by atoms with van der Waals surface area (Å²) >= 11 is 0. The fourth-order valence-electron chi connectivity index (χ4n) is 3.32. The fraction of sp³-hybridized carbons (Fsp3) is 0.421. The molecular formula is C19H20FN3O8. The van der Waals surface area contributed by atoms with E-state index in [0.717, 1.165) is 4.57 Å². The number of esters is 1. The summed E-state index contributed by atoms with van der Waals surface area (Å²) in [6.45, 7) is 2.53. The van der Waals surface area contributed by atoms with Crippen molar-refractivity contribution in [1.29, 1.82) is 0 Å². The first-order valence-electron chi connectivity index (χ1n) is 9.28. The van der Waals surface area contributed by atoms with Crippen molar-refractivity contribution in [3.63, 3.8) is 0 Å². The maximum Gasteiger partial charge on any atom is 0.330 e. The standard InChI is InChI=1S/C19H20FN3O8/c1-19(2,10-5-3-4-6-12(10)23(28)29)17(26)30-9-14-13(24)7-15(31-14)22-8-11(20)16(25)21-18(22)27/h3-6,8,13-15,24H,7,9H2,1-2H3,(H,21,25,27)/t13-,14+,15+/m0/s1. The van der Waals surface area contributed by atoms with Gasteiger partial charge in [0.05, 0.1) is 22.6 Å². The normalized spacial score (nSPS) is 21.1. The molecule has 1 aliphatic rings. The summed E-state index contributed by atoms with van der Waals surface area (Å²) in [5.41, 5.74) is -3.54. The van der Waals surface area contributed by atoms with Gasteiger partial charge in [0.2, 0.25) is 5.82 Å². The van der Waals surface area contributed by atoms with E-state index in [-0.39, 0.29) is 17.7 Å². The topological polar surface area (TPSA) is 154 Å². The van der Waals surface area contributed by atoms with Gasteiger partial charge in [0.15, 0.2) is 0 Å². The second-order valence-electron chi connectivity index (χ2n) is 7.57. The van der Waals surface area contributed by atoms with Crippen LogP contribution in [-0.4, -0.2) is 44.4 Å². The lowest BCUT2D eigenvalue weighted by Gasteiger charge is -2.24. The molecule has 0 aliphatic carbocycles. The number of hydrogen-bond acceptors (Lipinski definition) is 8. The molecule has 1 aliphatic heterocycles. The van der Waals surface area contributed by atoms with Crippen molar-refractivity contribution < 1.29 is 28.7 Å². The maximum atomic E-state index is 13.5. The van der Waals surface area contributed by atoms with Gasteiger partial charge in [-0.3, -0.25) is 29.3 Å². The molecule has 166 valence electrons. The zero-order chi connectivity index (χ0) is 22.9. The van der Waals surface area contributed by atoms with E-state index in [4.69, 9.17) is 9.47 Å². The predicted molar refractivity (Wildman–Crippen MR) is 103 cm³/mol. The first-order valence-corrected chi connectivity index (χ1v) is 9.28. The van der Waals surface area contributed by atoms with Gasteiger partial charge >= 0.3 is 11.7 Å². The molecule has 3 atom stereocenters. The number of aliphatic hydroxyl groups excluding tert-OH is 1. The Morgan fingerprint density at radius 3 is 2.77 bits per heavy atom. The molecule has 0 spiro atoms. The summed E-state index contributed by atoms with van der Waals surface area (Å²) in [6, 6.07) is 5.77. The van der Waals surface area contributed by atoms with Crippen molar-refractivity contribution in [2.45, 2.75) is 44.1 Å². The maximum absolute atomic E-state index is 13.5. The Hall–Kier alpha value is -3.38. The molecule has 0 unspecified atom stereocenters. The fourth-order valence-corrected chi connectivity index (χ4v) is 3.32. The van der Waals surface area contributed by atoms with Gasteiger partial charge in [-0.15, -0.1) is 0 Å². The zero-order valence-corrected chi connectivity index (χ0v) is 16.6. The number of nitrogens with zero attached hydrogens (tertiary/aromatic N) is 2. The van der Waals surface area contributed by atoms with Gasteiger partial charge < -0.3 is 14.6 Å². The van der Waals surface area contributed by atoms with Crippen molar-refractivity contribution in [1.82, 2.24) is 9.55 Å². The molecular weight excluding hydrogens is 417 g/mol. The first-order chi connectivity index (χ1) is 14.5. The van der Waals surface area contributed by atoms with Crippen LogP contribution < -0.4 is 11.2 Å². The van der Waals surface area contributed by atoms with Crippen LogP contribution in [0.15, 0.2) is 40.1 Å². The number of nitro benzene ring substituents is 1. The number of carbonyl (C=O) groups excluding carboxylic acids is 1. The van der Waals surface area contributed by atoms with Crippen molar-refractivity contribution in [2.75, 3.05) is 6.61 Å². The molecule has 3 rings (SSSR count). The van der Waals surface area contributed by atoms with Gasteiger partial charge in [0.25, 0.3) is 11.2 Å². The number of benzene rings is 1. The highest BCUT2D eigenvalue weighted by atomic mass is 19.1. The molecule has 2 aromatic rings. The third kappa shape index (κ3) is 4.39. The van der Waals surface area contributed by atoms with E-state index < -0.39 is 58.4 Å². The Balaban J connectivity index is 1.71. The third-order valence-corrected chi connectivity index (χ3v) is 5.10. The molecule has 0 bridgehead atoms. The second kappa shape index (κ2) is 8.40. The molecule has 0 saturated carbocycles. The summed E-state index contributed by atoms with van der Waals surface area (Å²) in [7, 11) is 0. The number of nitrogens with one attached hydrogen (secondary N) is 1. The van der Waals surface area contributed by atoms with Gasteiger partial charge in [-0.05, 0) is 13.8 Å². The lowest BCUT2D eigenvalue weighted by Crippen LogP contribution is -2.36. The van der Waals surface area contributed by atoms with E-state index in [1.807, 2.05) is 0 Å². The highest BCUT2D eigenvalue weighted by molar-refractivity contribution is 5.83. The van der Waals surface area contributed by atoms with Gasteiger partial charge in [0.1, 0.15) is 18.9 Å². The number of aliphatic hydroxyl groups is 1. The van der Waals surface area contributed by atoms with Crippen molar-refractivity contribution >= 4 is 11.7 Å². The summed E-state index contributed by atoms with van der Waals surface area (Å²) in [5.74, 6) is -1.98. The largest absolute Gasteiger partial charge is 0.462 e. The molecule has 2 N–H and O–H groups in total. The lowest BCUT2D eigenvalue weighted by molar-refractivity contribution is -0.386. The van der Waals surface area contributed by atoms with Crippen LogP contribution >= 0.6 is 0 Å². The minimum absolute atomic E-state index is 0.110. The number of halogens is 1. The van der Waals surface area contributed by atoms with Gasteiger partial charge in [-0.1, -0.05) is 18.2 Å². The predicted octanol–water partition coefficient (Wildman–Crippen LogP) is 0.753. The Labute approximate surface area is 174 Å².